The summed E-state index contributed by atoms with van der Waals surface area (Å²) in [4.78, 5) is 12.9. The Labute approximate surface area is 124 Å². The molecule has 0 spiro atoms. The third-order valence-electron chi connectivity index (χ3n) is 3.14. The number of anilines is 1. The molecular formula is C13H20FN3O3S. The van der Waals surface area contributed by atoms with Crippen LogP contribution in [0.3, 0.4) is 0 Å². The van der Waals surface area contributed by atoms with E-state index in [9.17, 15) is 17.6 Å². The van der Waals surface area contributed by atoms with Gasteiger partial charge in [-0.05, 0) is 26.0 Å². The third kappa shape index (κ3) is 3.70. The molecule has 118 valence electrons. The van der Waals surface area contributed by atoms with Gasteiger partial charge in [0.2, 0.25) is 15.9 Å². The highest BCUT2D eigenvalue weighted by molar-refractivity contribution is 7.89. The highest BCUT2D eigenvalue weighted by Gasteiger charge is 2.29. The summed E-state index contributed by atoms with van der Waals surface area (Å²) in [6.45, 7) is 4.18. The van der Waals surface area contributed by atoms with Crippen LogP contribution < -0.4 is 5.73 Å². The Morgan fingerprint density at radius 2 is 1.86 bits per heavy atom. The number of nitrogens with two attached hydrogens (primary N) is 1. The first kappa shape index (κ1) is 17.4. The van der Waals surface area contributed by atoms with E-state index in [1.807, 2.05) is 0 Å². The van der Waals surface area contributed by atoms with E-state index >= 15 is 0 Å². The zero-order chi connectivity index (χ0) is 16.2. The molecule has 1 amide bonds. The lowest BCUT2D eigenvalue weighted by atomic mass is 10.3. The van der Waals surface area contributed by atoms with Crippen molar-refractivity contribution in [2.45, 2.75) is 18.7 Å². The zero-order valence-corrected chi connectivity index (χ0v) is 13.2. The van der Waals surface area contributed by atoms with Crippen molar-refractivity contribution in [3.63, 3.8) is 0 Å². The molecule has 0 fully saturated rings. The van der Waals surface area contributed by atoms with E-state index < -0.39 is 20.7 Å². The second-order valence-electron chi connectivity index (χ2n) is 4.49. The third-order valence-corrected chi connectivity index (χ3v) is 5.04. The highest BCUT2D eigenvalue weighted by atomic mass is 32.2. The van der Waals surface area contributed by atoms with Crippen LogP contribution in [0.2, 0.25) is 0 Å². The van der Waals surface area contributed by atoms with Gasteiger partial charge < -0.3 is 10.6 Å². The molecule has 0 bridgehead atoms. The van der Waals surface area contributed by atoms with E-state index in [1.54, 1.807) is 13.8 Å². The van der Waals surface area contributed by atoms with Gasteiger partial charge in [0.25, 0.3) is 0 Å². The summed E-state index contributed by atoms with van der Waals surface area (Å²) >= 11 is 0. The maximum Gasteiger partial charge on any atom is 0.248 e. The molecule has 0 unspecified atom stereocenters. The summed E-state index contributed by atoms with van der Waals surface area (Å²) in [5.41, 5.74) is 5.36. The number of sulfonamides is 1. The molecule has 0 saturated carbocycles. The van der Waals surface area contributed by atoms with Crippen LogP contribution in [0.25, 0.3) is 0 Å². The van der Waals surface area contributed by atoms with Crippen LogP contribution in [-0.4, -0.2) is 50.2 Å². The SMILES string of the molecule is CCN(CC)C(=O)CN(C)S(=O)(=O)c1c(N)cccc1F. The second kappa shape index (κ2) is 6.86. The van der Waals surface area contributed by atoms with Gasteiger partial charge in [0.15, 0.2) is 0 Å². The number of hydrogen-bond acceptors (Lipinski definition) is 4. The monoisotopic (exact) mass is 317 g/mol. The smallest absolute Gasteiger partial charge is 0.248 e. The molecule has 1 aromatic carbocycles. The van der Waals surface area contributed by atoms with Crippen LogP contribution in [-0.2, 0) is 14.8 Å². The van der Waals surface area contributed by atoms with Gasteiger partial charge in [-0.15, -0.1) is 0 Å². The number of nitrogens with zero attached hydrogens (tertiary/aromatic N) is 2. The molecule has 0 atom stereocenters. The lowest BCUT2D eigenvalue weighted by molar-refractivity contribution is -0.130. The van der Waals surface area contributed by atoms with Gasteiger partial charge in [-0.2, -0.15) is 4.31 Å². The van der Waals surface area contributed by atoms with Crippen LogP contribution in [0.5, 0.6) is 0 Å². The average Bonchev–Trinajstić information content (AvgIpc) is 2.39. The molecule has 8 heteroatoms. The molecule has 0 radical (unpaired) electrons. The van der Waals surface area contributed by atoms with E-state index in [-0.39, 0.29) is 18.1 Å². The number of carbonyl (C=O) groups excluding carboxylic acids is 1. The van der Waals surface area contributed by atoms with Gasteiger partial charge in [0.05, 0.1) is 12.2 Å². The Morgan fingerprint density at radius 1 is 1.29 bits per heavy atom. The first-order valence-electron chi connectivity index (χ1n) is 6.53. The van der Waals surface area contributed by atoms with Crippen LogP contribution in [0.4, 0.5) is 10.1 Å². The summed E-state index contributed by atoms with van der Waals surface area (Å²) in [6.07, 6.45) is 0. The Kier molecular flexibility index (Phi) is 5.68. The fourth-order valence-corrected chi connectivity index (χ4v) is 3.18. The minimum absolute atomic E-state index is 0.183. The van der Waals surface area contributed by atoms with E-state index in [1.165, 1.54) is 24.1 Å². The Morgan fingerprint density at radius 3 is 2.33 bits per heavy atom. The van der Waals surface area contributed by atoms with Crippen molar-refractivity contribution in [2.24, 2.45) is 0 Å². The number of rotatable bonds is 6. The van der Waals surface area contributed by atoms with Crippen molar-refractivity contribution in [1.29, 1.82) is 0 Å². The van der Waals surface area contributed by atoms with E-state index in [2.05, 4.69) is 0 Å². The predicted octanol–water partition coefficient (Wildman–Crippen LogP) is 0.897. The lowest BCUT2D eigenvalue weighted by Gasteiger charge is -2.23. The summed E-state index contributed by atoms with van der Waals surface area (Å²) in [5.74, 6) is -1.28. The van der Waals surface area contributed by atoms with Crippen molar-refractivity contribution in [2.75, 3.05) is 32.4 Å². The van der Waals surface area contributed by atoms with Crippen LogP contribution in [0.1, 0.15) is 13.8 Å². The minimum Gasteiger partial charge on any atom is -0.398 e. The maximum atomic E-state index is 13.8. The molecule has 21 heavy (non-hydrogen) atoms. The molecule has 1 aromatic rings. The first-order chi connectivity index (χ1) is 9.75. The van der Waals surface area contributed by atoms with E-state index in [0.717, 1.165) is 10.4 Å². The summed E-state index contributed by atoms with van der Waals surface area (Å²) in [5, 5.41) is 0. The Hall–Kier alpha value is -1.67. The number of amides is 1. The number of hydrogen-bond donors (Lipinski definition) is 1. The molecule has 1 rings (SSSR count). The van der Waals surface area contributed by atoms with Crippen molar-refractivity contribution >= 4 is 21.6 Å². The average molecular weight is 317 g/mol. The van der Waals surface area contributed by atoms with Gasteiger partial charge in [-0.1, -0.05) is 6.07 Å². The van der Waals surface area contributed by atoms with Crippen molar-refractivity contribution in [1.82, 2.24) is 9.21 Å². The number of halogens is 1. The number of likely N-dealkylation sites (N-methyl/N-ethyl adjacent to an activating group) is 2. The summed E-state index contributed by atoms with van der Waals surface area (Å²) in [6, 6.07) is 3.64. The molecule has 0 aliphatic rings. The normalized spacial score (nSPS) is 11.7. The highest BCUT2D eigenvalue weighted by Crippen LogP contribution is 2.24. The largest absolute Gasteiger partial charge is 0.398 e. The van der Waals surface area contributed by atoms with Crippen molar-refractivity contribution in [3.05, 3.63) is 24.0 Å². The van der Waals surface area contributed by atoms with Gasteiger partial charge in [-0.3, -0.25) is 4.79 Å². The molecule has 0 heterocycles. The summed E-state index contributed by atoms with van der Waals surface area (Å²) < 4.78 is 39.2. The molecule has 2 N–H and O–H groups in total. The van der Waals surface area contributed by atoms with Crippen LogP contribution >= 0.6 is 0 Å². The van der Waals surface area contributed by atoms with Crippen molar-refractivity contribution < 1.29 is 17.6 Å². The van der Waals surface area contributed by atoms with Gasteiger partial charge in [0.1, 0.15) is 10.7 Å². The second-order valence-corrected chi connectivity index (χ2v) is 6.47. The predicted molar refractivity (Wildman–Crippen MR) is 78.6 cm³/mol. The standard InChI is InChI=1S/C13H20FN3O3S/c1-4-17(5-2)12(18)9-16(3)21(19,20)13-10(14)7-6-8-11(13)15/h6-8H,4-5,9,15H2,1-3H3. The minimum atomic E-state index is -4.16. The van der Waals surface area contributed by atoms with E-state index in [0.29, 0.717) is 13.1 Å². The zero-order valence-electron chi connectivity index (χ0n) is 12.3. The van der Waals surface area contributed by atoms with Crippen molar-refractivity contribution in [3.8, 4) is 0 Å². The Balaban J connectivity index is 3.06. The fraction of sp³-hybridized carbons (Fsp3) is 0.462. The van der Waals surface area contributed by atoms with Gasteiger partial charge in [0, 0.05) is 20.1 Å². The van der Waals surface area contributed by atoms with Gasteiger partial charge >= 0.3 is 0 Å². The number of carbonyl (C=O) groups is 1. The van der Waals surface area contributed by atoms with Crippen LogP contribution in [0, 0.1) is 5.82 Å². The molecular weight excluding hydrogens is 297 g/mol. The quantitative estimate of drug-likeness (QED) is 0.790. The fourth-order valence-electron chi connectivity index (χ4n) is 1.91. The molecule has 0 aromatic heterocycles. The lowest BCUT2D eigenvalue weighted by Crippen LogP contribution is -2.41. The molecule has 0 aliphatic carbocycles. The first-order valence-corrected chi connectivity index (χ1v) is 7.97. The molecule has 0 aliphatic heterocycles. The van der Waals surface area contributed by atoms with Crippen LogP contribution in [0.15, 0.2) is 23.1 Å². The van der Waals surface area contributed by atoms with E-state index in [4.69, 9.17) is 5.73 Å². The maximum absolute atomic E-state index is 13.8. The number of benzene rings is 1. The van der Waals surface area contributed by atoms with Gasteiger partial charge in [-0.25, -0.2) is 12.8 Å². The molecule has 6 nitrogen and oxygen atoms in total. The topological polar surface area (TPSA) is 83.7 Å². The Bertz CT molecular complexity index is 595. The number of nitrogen functional groups attached to an aromatic ring is 1. The summed E-state index contributed by atoms with van der Waals surface area (Å²) in [7, 11) is -2.93. The molecule has 0 saturated heterocycles.